The van der Waals surface area contributed by atoms with Crippen LogP contribution < -0.4 is 5.73 Å². The van der Waals surface area contributed by atoms with Gasteiger partial charge in [0.05, 0.1) is 19.3 Å². The van der Waals surface area contributed by atoms with Crippen molar-refractivity contribution in [2.24, 2.45) is 5.73 Å². The molecule has 5 nitrogen and oxygen atoms in total. The topological polar surface area (TPSA) is 81.8 Å². The van der Waals surface area contributed by atoms with Crippen molar-refractivity contribution in [3.63, 3.8) is 0 Å². The second-order valence-electron chi connectivity index (χ2n) is 3.19. The lowest BCUT2D eigenvalue weighted by Crippen LogP contribution is -2.42. The van der Waals surface area contributed by atoms with Gasteiger partial charge < -0.3 is 20.3 Å². The summed E-state index contributed by atoms with van der Waals surface area (Å²) in [7, 11) is 0. The molecule has 1 saturated heterocycles. The highest BCUT2D eigenvalue weighted by atomic mass is 16.6. The molecular formula is C8H15NO4. The molecule has 1 heterocycles. The molecule has 0 aromatic rings. The maximum atomic E-state index is 11.2. The summed E-state index contributed by atoms with van der Waals surface area (Å²) in [5, 5.41) is 9.01. The molecule has 13 heavy (non-hydrogen) atoms. The van der Waals surface area contributed by atoms with E-state index < -0.39 is 18.1 Å². The zero-order chi connectivity index (χ0) is 9.84. The summed E-state index contributed by atoms with van der Waals surface area (Å²) in [4.78, 5) is 11.2. The Morgan fingerprint density at radius 2 is 2.46 bits per heavy atom. The van der Waals surface area contributed by atoms with Crippen molar-refractivity contribution in [2.45, 2.75) is 31.6 Å². The molecule has 0 spiro atoms. The van der Waals surface area contributed by atoms with E-state index >= 15 is 0 Å². The smallest absolute Gasteiger partial charge is 0.325 e. The summed E-state index contributed by atoms with van der Waals surface area (Å²) in [5.41, 5.74) is 5.37. The molecule has 1 fully saturated rings. The number of ether oxygens (including phenoxy) is 2. The van der Waals surface area contributed by atoms with Crippen molar-refractivity contribution in [1.29, 1.82) is 0 Å². The number of aliphatic hydroxyl groups excluding tert-OH is 1. The van der Waals surface area contributed by atoms with Crippen LogP contribution in [0.25, 0.3) is 0 Å². The lowest BCUT2D eigenvalue weighted by molar-refractivity contribution is -0.153. The maximum absolute atomic E-state index is 11.2. The van der Waals surface area contributed by atoms with E-state index in [1.165, 1.54) is 6.92 Å². The second kappa shape index (κ2) is 4.55. The monoisotopic (exact) mass is 189 g/mol. The number of carbonyl (C=O) groups is 1. The molecule has 0 aromatic carbocycles. The summed E-state index contributed by atoms with van der Waals surface area (Å²) in [5.74, 6) is -0.564. The van der Waals surface area contributed by atoms with E-state index in [1.807, 2.05) is 0 Å². The Kier molecular flexibility index (Phi) is 3.65. The molecule has 3 N–H and O–H groups in total. The molecule has 5 heteroatoms. The van der Waals surface area contributed by atoms with Gasteiger partial charge in [-0.1, -0.05) is 0 Å². The number of hydrogen-bond acceptors (Lipinski definition) is 5. The third kappa shape index (κ3) is 2.95. The quantitative estimate of drug-likeness (QED) is 0.558. The van der Waals surface area contributed by atoms with Crippen LogP contribution >= 0.6 is 0 Å². The van der Waals surface area contributed by atoms with Gasteiger partial charge in [0, 0.05) is 6.42 Å². The fraction of sp³-hybridized carbons (Fsp3) is 0.875. The largest absolute Gasteiger partial charge is 0.459 e. The fourth-order valence-corrected chi connectivity index (χ4v) is 1.05. The highest BCUT2D eigenvalue weighted by Gasteiger charge is 2.25. The van der Waals surface area contributed by atoms with Gasteiger partial charge in [0.15, 0.2) is 0 Å². The lowest BCUT2D eigenvalue weighted by Gasteiger charge is -2.16. The third-order valence-electron chi connectivity index (χ3n) is 1.96. The Morgan fingerprint density at radius 1 is 1.77 bits per heavy atom. The number of nitrogens with two attached hydrogens (primary N) is 1. The first-order valence-corrected chi connectivity index (χ1v) is 4.33. The molecule has 1 aliphatic rings. The maximum Gasteiger partial charge on any atom is 0.325 e. The van der Waals surface area contributed by atoms with Crippen LogP contribution in [0.2, 0.25) is 0 Å². The van der Waals surface area contributed by atoms with Crippen LogP contribution in [0.15, 0.2) is 0 Å². The summed E-state index contributed by atoms with van der Waals surface area (Å²) in [6.45, 7) is 2.50. The normalized spacial score (nSPS) is 26.8. The zero-order valence-electron chi connectivity index (χ0n) is 7.60. The Morgan fingerprint density at radius 3 is 2.92 bits per heavy atom. The number of carbonyl (C=O) groups excluding carboxylic acids is 1. The minimum absolute atomic E-state index is 0.197. The summed E-state index contributed by atoms with van der Waals surface area (Å²) in [6.07, 6.45) is -0.370. The predicted octanol–water partition coefficient (Wildman–Crippen LogP) is -0.973. The molecule has 76 valence electrons. The molecule has 0 amide bonds. The van der Waals surface area contributed by atoms with Crippen LogP contribution in [0, 0.1) is 0 Å². The van der Waals surface area contributed by atoms with E-state index in [2.05, 4.69) is 0 Å². The van der Waals surface area contributed by atoms with E-state index in [1.54, 1.807) is 0 Å². The van der Waals surface area contributed by atoms with Gasteiger partial charge in [-0.15, -0.1) is 0 Å². The van der Waals surface area contributed by atoms with Crippen LogP contribution in [-0.2, 0) is 14.3 Å². The molecule has 0 bridgehead atoms. The zero-order valence-corrected chi connectivity index (χ0v) is 7.60. The molecule has 0 radical (unpaired) electrons. The van der Waals surface area contributed by atoms with E-state index in [4.69, 9.17) is 20.3 Å². The van der Waals surface area contributed by atoms with Crippen molar-refractivity contribution < 1.29 is 19.4 Å². The predicted molar refractivity (Wildman–Crippen MR) is 45.0 cm³/mol. The molecule has 1 rings (SSSR count). The van der Waals surface area contributed by atoms with Gasteiger partial charge in [0.2, 0.25) is 0 Å². The van der Waals surface area contributed by atoms with E-state index in [0.29, 0.717) is 19.6 Å². The van der Waals surface area contributed by atoms with Crippen LogP contribution in [0.4, 0.5) is 0 Å². The standard InChI is InChI=1S/C8H15NO4/c1-5(10)7(9)8(11)13-6-2-3-12-4-6/h5-7,10H,2-4,9H2,1H3/t5-,6-,7-/m0/s1. The molecule has 0 unspecified atom stereocenters. The highest BCUT2D eigenvalue weighted by molar-refractivity contribution is 5.76. The van der Waals surface area contributed by atoms with Gasteiger partial charge in [-0.3, -0.25) is 4.79 Å². The Labute approximate surface area is 76.8 Å². The average Bonchev–Trinajstić information content (AvgIpc) is 2.55. The van der Waals surface area contributed by atoms with Crippen LogP contribution in [0.1, 0.15) is 13.3 Å². The molecule has 0 aliphatic carbocycles. The number of hydrogen-bond donors (Lipinski definition) is 2. The average molecular weight is 189 g/mol. The van der Waals surface area contributed by atoms with Crippen molar-refractivity contribution in [3.8, 4) is 0 Å². The van der Waals surface area contributed by atoms with E-state index in [0.717, 1.165) is 0 Å². The van der Waals surface area contributed by atoms with Gasteiger partial charge in [0.1, 0.15) is 12.1 Å². The molecular weight excluding hydrogens is 174 g/mol. The van der Waals surface area contributed by atoms with Crippen molar-refractivity contribution in [1.82, 2.24) is 0 Å². The Hall–Kier alpha value is -0.650. The molecule has 0 aromatic heterocycles. The summed E-state index contributed by atoms with van der Waals surface area (Å²) < 4.78 is 10.0. The minimum atomic E-state index is -0.958. The van der Waals surface area contributed by atoms with Gasteiger partial charge in [-0.25, -0.2) is 0 Å². The van der Waals surface area contributed by atoms with E-state index in [9.17, 15) is 4.79 Å². The van der Waals surface area contributed by atoms with Gasteiger partial charge in [-0.2, -0.15) is 0 Å². The van der Waals surface area contributed by atoms with Crippen LogP contribution in [0.3, 0.4) is 0 Å². The van der Waals surface area contributed by atoms with Gasteiger partial charge >= 0.3 is 5.97 Å². The highest BCUT2D eigenvalue weighted by Crippen LogP contribution is 2.09. The first kappa shape index (κ1) is 10.4. The Balaban J connectivity index is 2.31. The first-order valence-electron chi connectivity index (χ1n) is 4.33. The van der Waals surface area contributed by atoms with E-state index in [-0.39, 0.29) is 6.10 Å². The van der Waals surface area contributed by atoms with Crippen molar-refractivity contribution >= 4 is 5.97 Å². The molecule has 3 atom stereocenters. The van der Waals surface area contributed by atoms with Gasteiger partial charge in [0.25, 0.3) is 0 Å². The molecule has 0 saturated carbocycles. The number of aliphatic hydroxyl groups is 1. The van der Waals surface area contributed by atoms with Crippen molar-refractivity contribution in [3.05, 3.63) is 0 Å². The van der Waals surface area contributed by atoms with Crippen LogP contribution in [0.5, 0.6) is 0 Å². The number of esters is 1. The van der Waals surface area contributed by atoms with Crippen molar-refractivity contribution in [2.75, 3.05) is 13.2 Å². The lowest BCUT2D eigenvalue weighted by atomic mass is 10.2. The Bertz CT molecular complexity index is 177. The summed E-state index contributed by atoms with van der Waals surface area (Å²) >= 11 is 0. The molecule has 1 aliphatic heterocycles. The minimum Gasteiger partial charge on any atom is -0.459 e. The van der Waals surface area contributed by atoms with Gasteiger partial charge in [-0.05, 0) is 6.92 Å². The first-order chi connectivity index (χ1) is 6.11. The second-order valence-corrected chi connectivity index (χ2v) is 3.19. The number of rotatable bonds is 3. The fourth-order valence-electron chi connectivity index (χ4n) is 1.05. The SMILES string of the molecule is C[C@H](O)[C@H](N)C(=O)O[C@H]1CCOC1. The van der Waals surface area contributed by atoms with Crippen LogP contribution in [-0.4, -0.2) is 42.5 Å². The third-order valence-corrected chi connectivity index (χ3v) is 1.96. The summed E-state index contributed by atoms with van der Waals surface area (Å²) in [6, 6.07) is -0.958.